The number of benzene rings is 1. The third kappa shape index (κ3) is 2.78. The number of aromatic nitrogens is 2. The Morgan fingerprint density at radius 1 is 1.21 bits per heavy atom. The Balaban J connectivity index is 2.44. The molecule has 1 N–H and O–H groups in total. The minimum atomic E-state index is -1.45. The zero-order chi connectivity index (χ0) is 14.0. The van der Waals surface area contributed by atoms with E-state index in [0.717, 1.165) is 17.7 Å². The van der Waals surface area contributed by atoms with Crippen LogP contribution in [0.3, 0.4) is 0 Å². The van der Waals surface area contributed by atoms with Gasteiger partial charge < -0.3 is 5.32 Å². The average molecular weight is 269 g/mol. The summed E-state index contributed by atoms with van der Waals surface area (Å²) < 4.78 is 41.2. The summed E-state index contributed by atoms with van der Waals surface area (Å²) in [6, 6.07) is 1.57. The van der Waals surface area contributed by atoms with E-state index < -0.39 is 23.5 Å². The minimum absolute atomic E-state index is 0.325. The van der Waals surface area contributed by atoms with Crippen LogP contribution in [-0.2, 0) is 7.05 Å². The minimum Gasteiger partial charge on any atom is -0.306 e. The first-order valence-corrected chi connectivity index (χ1v) is 5.89. The van der Waals surface area contributed by atoms with Crippen LogP contribution < -0.4 is 5.32 Å². The lowest BCUT2D eigenvalue weighted by atomic mass is 10.0. The molecule has 0 aliphatic carbocycles. The van der Waals surface area contributed by atoms with Gasteiger partial charge in [0.15, 0.2) is 17.5 Å². The number of aryl methyl sites for hydroxylation is 1. The normalized spacial score (nSPS) is 12.7. The Morgan fingerprint density at radius 3 is 2.32 bits per heavy atom. The van der Waals surface area contributed by atoms with Crippen molar-refractivity contribution in [1.29, 1.82) is 0 Å². The van der Waals surface area contributed by atoms with Gasteiger partial charge in [0.1, 0.15) is 0 Å². The van der Waals surface area contributed by atoms with Crippen LogP contribution in [0.2, 0.25) is 0 Å². The first-order chi connectivity index (χ1) is 9.02. The van der Waals surface area contributed by atoms with Crippen LogP contribution in [0.4, 0.5) is 13.2 Å². The fourth-order valence-electron chi connectivity index (χ4n) is 1.96. The molecule has 6 heteroatoms. The maximum atomic E-state index is 13.3. The molecular formula is C13H14F3N3. The van der Waals surface area contributed by atoms with E-state index in [-0.39, 0.29) is 0 Å². The molecule has 0 saturated carbocycles. The molecule has 1 aromatic carbocycles. The first kappa shape index (κ1) is 13.6. The predicted octanol–water partition coefficient (Wildman–Crippen LogP) is 2.54. The van der Waals surface area contributed by atoms with Gasteiger partial charge in [-0.25, -0.2) is 13.2 Å². The van der Waals surface area contributed by atoms with Crippen LogP contribution >= 0.6 is 0 Å². The zero-order valence-electron chi connectivity index (χ0n) is 10.6. The molecule has 0 radical (unpaired) electrons. The van der Waals surface area contributed by atoms with Crippen LogP contribution in [0.15, 0.2) is 24.5 Å². The van der Waals surface area contributed by atoms with Gasteiger partial charge in [-0.2, -0.15) is 5.10 Å². The molecule has 0 spiro atoms. The van der Waals surface area contributed by atoms with Crippen molar-refractivity contribution in [2.45, 2.75) is 13.0 Å². The summed E-state index contributed by atoms with van der Waals surface area (Å²) in [5, 5.41) is 7.12. The van der Waals surface area contributed by atoms with Crippen LogP contribution in [0.1, 0.15) is 24.1 Å². The molecule has 0 aliphatic heterocycles. The van der Waals surface area contributed by atoms with E-state index in [1.165, 1.54) is 0 Å². The standard InChI is InChI=1S/C13H14F3N3/c1-3-17-13(9-6-18-19(2)7-9)8-4-10(14)12(16)11(15)5-8/h4-7,13,17H,3H2,1-2H3. The molecule has 0 bridgehead atoms. The quantitative estimate of drug-likeness (QED) is 0.864. The summed E-state index contributed by atoms with van der Waals surface area (Å²) in [6.45, 7) is 2.47. The predicted molar refractivity (Wildman–Crippen MR) is 65.0 cm³/mol. The first-order valence-electron chi connectivity index (χ1n) is 5.89. The van der Waals surface area contributed by atoms with E-state index in [9.17, 15) is 13.2 Å². The Labute approximate surface area is 109 Å². The molecule has 0 fully saturated rings. The van der Waals surface area contributed by atoms with E-state index in [1.807, 2.05) is 6.92 Å². The highest BCUT2D eigenvalue weighted by Crippen LogP contribution is 2.24. The molecular weight excluding hydrogens is 255 g/mol. The van der Waals surface area contributed by atoms with Gasteiger partial charge in [0.05, 0.1) is 12.2 Å². The number of rotatable bonds is 4. The third-order valence-corrected chi connectivity index (χ3v) is 2.81. The fraction of sp³-hybridized carbons (Fsp3) is 0.308. The second-order valence-corrected chi connectivity index (χ2v) is 4.24. The van der Waals surface area contributed by atoms with Gasteiger partial charge in [0.2, 0.25) is 0 Å². The molecule has 0 aliphatic rings. The molecule has 0 amide bonds. The average Bonchev–Trinajstić information content (AvgIpc) is 2.79. The van der Waals surface area contributed by atoms with Crippen molar-refractivity contribution < 1.29 is 13.2 Å². The van der Waals surface area contributed by atoms with Gasteiger partial charge in [-0.05, 0) is 24.2 Å². The van der Waals surface area contributed by atoms with Crippen LogP contribution in [-0.4, -0.2) is 16.3 Å². The second kappa shape index (κ2) is 5.44. The molecule has 2 rings (SSSR count). The summed E-state index contributed by atoms with van der Waals surface area (Å²) in [5.41, 5.74) is 1.08. The van der Waals surface area contributed by atoms with Gasteiger partial charge in [-0.1, -0.05) is 6.92 Å². The smallest absolute Gasteiger partial charge is 0.194 e. The van der Waals surface area contributed by atoms with Crippen molar-refractivity contribution in [1.82, 2.24) is 15.1 Å². The molecule has 1 heterocycles. The number of nitrogens with zero attached hydrogens (tertiary/aromatic N) is 2. The summed E-state index contributed by atoms with van der Waals surface area (Å²) in [4.78, 5) is 0. The van der Waals surface area contributed by atoms with Crippen molar-refractivity contribution in [3.8, 4) is 0 Å². The third-order valence-electron chi connectivity index (χ3n) is 2.81. The van der Waals surface area contributed by atoms with E-state index in [0.29, 0.717) is 12.1 Å². The van der Waals surface area contributed by atoms with Crippen molar-refractivity contribution >= 4 is 0 Å². The Hall–Kier alpha value is -1.82. The van der Waals surface area contributed by atoms with Gasteiger partial charge in [-0.15, -0.1) is 0 Å². The molecule has 1 aromatic heterocycles. The summed E-state index contributed by atoms with van der Waals surface area (Å²) in [7, 11) is 1.75. The van der Waals surface area contributed by atoms with Crippen molar-refractivity contribution in [2.24, 2.45) is 7.05 Å². The Kier molecular flexibility index (Phi) is 3.90. The van der Waals surface area contributed by atoms with Gasteiger partial charge >= 0.3 is 0 Å². The highest BCUT2D eigenvalue weighted by atomic mass is 19.2. The number of hydrogen-bond donors (Lipinski definition) is 1. The van der Waals surface area contributed by atoms with E-state index in [1.54, 1.807) is 24.1 Å². The van der Waals surface area contributed by atoms with Gasteiger partial charge in [-0.3, -0.25) is 4.68 Å². The maximum Gasteiger partial charge on any atom is 0.194 e. The summed E-state index contributed by atoms with van der Waals surface area (Å²) in [5.74, 6) is -3.84. The largest absolute Gasteiger partial charge is 0.306 e. The number of nitrogens with one attached hydrogen (secondary N) is 1. The summed E-state index contributed by atoms with van der Waals surface area (Å²) >= 11 is 0. The lowest BCUT2D eigenvalue weighted by Gasteiger charge is -2.17. The van der Waals surface area contributed by atoms with Crippen LogP contribution in [0.5, 0.6) is 0 Å². The SMILES string of the molecule is CCNC(c1cc(F)c(F)c(F)c1)c1cnn(C)c1. The fourth-order valence-corrected chi connectivity index (χ4v) is 1.96. The Bertz CT molecular complexity index is 557. The highest BCUT2D eigenvalue weighted by molar-refractivity contribution is 5.30. The molecule has 1 atom stereocenters. The zero-order valence-corrected chi connectivity index (χ0v) is 10.6. The van der Waals surface area contributed by atoms with E-state index in [2.05, 4.69) is 10.4 Å². The van der Waals surface area contributed by atoms with Gasteiger partial charge in [0, 0.05) is 18.8 Å². The molecule has 3 nitrogen and oxygen atoms in total. The summed E-state index contributed by atoms with van der Waals surface area (Å²) in [6.07, 6.45) is 3.35. The monoisotopic (exact) mass is 269 g/mol. The lowest BCUT2D eigenvalue weighted by Crippen LogP contribution is -2.22. The maximum absolute atomic E-state index is 13.3. The second-order valence-electron chi connectivity index (χ2n) is 4.24. The van der Waals surface area contributed by atoms with Crippen molar-refractivity contribution in [3.05, 3.63) is 53.1 Å². The van der Waals surface area contributed by atoms with Crippen LogP contribution in [0.25, 0.3) is 0 Å². The molecule has 102 valence electrons. The molecule has 2 aromatic rings. The Morgan fingerprint density at radius 2 is 1.84 bits per heavy atom. The number of halogens is 3. The molecule has 1 unspecified atom stereocenters. The van der Waals surface area contributed by atoms with E-state index in [4.69, 9.17) is 0 Å². The topological polar surface area (TPSA) is 29.9 Å². The van der Waals surface area contributed by atoms with Crippen molar-refractivity contribution in [2.75, 3.05) is 6.54 Å². The van der Waals surface area contributed by atoms with Gasteiger partial charge in [0.25, 0.3) is 0 Å². The highest BCUT2D eigenvalue weighted by Gasteiger charge is 2.19. The van der Waals surface area contributed by atoms with E-state index >= 15 is 0 Å². The molecule has 0 saturated heterocycles. The van der Waals surface area contributed by atoms with Crippen molar-refractivity contribution in [3.63, 3.8) is 0 Å². The molecule has 19 heavy (non-hydrogen) atoms. The van der Waals surface area contributed by atoms with Crippen LogP contribution in [0, 0.1) is 17.5 Å². The number of hydrogen-bond acceptors (Lipinski definition) is 2. The lowest BCUT2D eigenvalue weighted by molar-refractivity contribution is 0.442.